The fraction of sp³-hybridized carbons (Fsp3) is 0.323. The summed E-state index contributed by atoms with van der Waals surface area (Å²) in [6, 6.07) is 21.4. The van der Waals surface area contributed by atoms with Crippen LogP contribution in [0, 0.1) is 5.92 Å². The number of amides is 2. The molecule has 6 nitrogen and oxygen atoms in total. The Morgan fingerprint density at radius 1 is 0.897 bits per heavy atom. The van der Waals surface area contributed by atoms with Crippen molar-refractivity contribution < 1.29 is 19.5 Å². The summed E-state index contributed by atoms with van der Waals surface area (Å²) in [6.45, 7) is 0.445. The number of carboxylic acids is 1. The SMILES string of the molecule is O=C(O)C1CCC(N2C(=O)c3ccccc3C(C(=O)NCCc3ccccc3)C2c2ccc(Cl)cc2Cl)CC1. The third-order valence-electron chi connectivity index (χ3n) is 7.93. The van der Waals surface area contributed by atoms with E-state index in [9.17, 15) is 19.5 Å². The van der Waals surface area contributed by atoms with Crippen LogP contribution in [-0.2, 0) is 16.0 Å². The van der Waals surface area contributed by atoms with E-state index in [0.29, 0.717) is 65.4 Å². The van der Waals surface area contributed by atoms with Crippen molar-refractivity contribution in [3.05, 3.63) is 105 Å². The first-order valence-electron chi connectivity index (χ1n) is 13.3. The van der Waals surface area contributed by atoms with Gasteiger partial charge in [-0.3, -0.25) is 14.4 Å². The molecule has 2 atom stereocenters. The number of carbonyl (C=O) groups is 3. The van der Waals surface area contributed by atoms with E-state index in [1.165, 1.54) is 0 Å². The summed E-state index contributed by atoms with van der Waals surface area (Å²) >= 11 is 13.0. The van der Waals surface area contributed by atoms with Gasteiger partial charge in [0.15, 0.2) is 0 Å². The Labute approximate surface area is 237 Å². The van der Waals surface area contributed by atoms with Crippen molar-refractivity contribution in [3.8, 4) is 0 Å². The van der Waals surface area contributed by atoms with Crippen LogP contribution in [0.15, 0.2) is 72.8 Å². The number of fused-ring (bicyclic) bond motifs is 1. The first-order valence-corrected chi connectivity index (χ1v) is 14.0. The van der Waals surface area contributed by atoms with Gasteiger partial charge in [-0.05, 0) is 67.0 Å². The molecule has 0 aromatic heterocycles. The van der Waals surface area contributed by atoms with Gasteiger partial charge in [0.25, 0.3) is 5.91 Å². The number of carbonyl (C=O) groups excluding carboxylic acids is 2. The number of nitrogens with one attached hydrogen (secondary N) is 1. The van der Waals surface area contributed by atoms with Gasteiger partial charge < -0.3 is 15.3 Å². The van der Waals surface area contributed by atoms with Crippen molar-refractivity contribution in [1.82, 2.24) is 10.2 Å². The molecule has 0 bridgehead atoms. The van der Waals surface area contributed by atoms with Crippen LogP contribution in [0.5, 0.6) is 0 Å². The molecule has 2 aliphatic rings. The van der Waals surface area contributed by atoms with E-state index in [1.54, 1.807) is 35.2 Å². The normalized spacial score (nSPS) is 22.7. The van der Waals surface area contributed by atoms with Crippen molar-refractivity contribution in [2.75, 3.05) is 6.54 Å². The van der Waals surface area contributed by atoms with E-state index < -0.39 is 23.8 Å². The Morgan fingerprint density at radius 3 is 2.28 bits per heavy atom. The van der Waals surface area contributed by atoms with E-state index in [2.05, 4.69) is 5.32 Å². The van der Waals surface area contributed by atoms with Crippen LogP contribution in [-0.4, -0.2) is 40.4 Å². The van der Waals surface area contributed by atoms with Gasteiger partial charge in [-0.1, -0.05) is 77.8 Å². The summed E-state index contributed by atoms with van der Waals surface area (Å²) in [6.07, 6.45) is 2.69. The smallest absolute Gasteiger partial charge is 0.306 e. The minimum atomic E-state index is -0.809. The molecular weight excluding hydrogens is 535 g/mol. The van der Waals surface area contributed by atoms with Gasteiger partial charge in [0, 0.05) is 28.2 Å². The van der Waals surface area contributed by atoms with Crippen molar-refractivity contribution in [2.24, 2.45) is 5.92 Å². The highest BCUT2D eigenvalue weighted by Gasteiger charge is 2.48. The van der Waals surface area contributed by atoms with Gasteiger partial charge in [-0.2, -0.15) is 0 Å². The van der Waals surface area contributed by atoms with E-state index in [4.69, 9.17) is 23.2 Å². The zero-order chi connectivity index (χ0) is 27.5. The standard InChI is InChI=1S/C31H30Cl2N2O4/c32-21-12-15-25(26(33)18-21)28-27(29(36)34-17-16-19-6-2-1-3-7-19)23-8-4-5-9-24(23)30(37)35(28)22-13-10-20(11-14-22)31(38)39/h1-9,12,15,18,20,22,27-28H,10-11,13-14,16-17H2,(H,34,36)(H,38,39). The first-order chi connectivity index (χ1) is 18.8. The maximum Gasteiger partial charge on any atom is 0.306 e. The lowest BCUT2D eigenvalue weighted by atomic mass is 9.76. The van der Waals surface area contributed by atoms with E-state index in [-0.39, 0.29) is 17.9 Å². The fourth-order valence-electron chi connectivity index (χ4n) is 5.99. The highest BCUT2D eigenvalue weighted by Crippen LogP contribution is 2.48. The van der Waals surface area contributed by atoms with Gasteiger partial charge in [0.2, 0.25) is 5.91 Å². The van der Waals surface area contributed by atoms with E-state index in [1.807, 2.05) is 42.5 Å². The molecule has 1 saturated carbocycles. The summed E-state index contributed by atoms with van der Waals surface area (Å²) in [7, 11) is 0. The number of nitrogens with zero attached hydrogens (tertiary/aromatic N) is 1. The second kappa shape index (κ2) is 11.8. The fourth-order valence-corrected chi connectivity index (χ4v) is 6.51. The molecule has 2 amide bonds. The predicted molar refractivity (Wildman–Crippen MR) is 151 cm³/mol. The average Bonchev–Trinajstić information content (AvgIpc) is 2.94. The molecule has 0 radical (unpaired) electrons. The van der Waals surface area contributed by atoms with Crippen LogP contribution in [0.25, 0.3) is 0 Å². The van der Waals surface area contributed by atoms with Crippen molar-refractivity contribution in [3.63, 3.8) is 0 Å². The van der Waals surface area contributed by atoms with Crippen LogP contribution in [0.3, 0.4) is 0 Å². The Morgan fingerprint density at radius 2 is 1.59 bits per heavy atom. The molecule has 3 aromatic carbocycles. The lowest BCUT2D eigenvalue weighted by Gasteiger charge is -2.47. The number of aliphatic carboxylic acids is 1. The van der Waals surface area contributed by atoms with Gasteiger partial charge in [-0.25, -0.2) is 0 Å². The summed E-state index contributed by atoms with van der Waals surface area (Å²) in [5, 5.41) is 13.5. The zero-order valence-corrected chi connectivity index (χ0v) is 22.9. The van der Waals surface area contributed by atoms with Gasteiger partial charge in [0.05, 0.1) is 17.9 Å². The maximum atomic E-state index is 14.1. The molecule has 3 aromatic rings. The second-order valence-corrected chi connectivity index (χ2v) is 11.1. The Balaban J connectivity index is 1.54. The van der Waals surface area contributed by atoms with Crippen molar-refractivity contribution in [1.29, 1.82) is 0 Å². The summed E-state index contributed by atoms with van der Waals surface area (Å²) < 4.78 is 0. The maximum absolute atomic E-state index is 14.1. The third kappa shape index (κ3) is 5.68. The number of benzene rings is 3. The lowest BCUT2D eigenvalue weighted by molar-refractivity contribution is -0.143. The molecule has 1 aliphatic heterocycles. The predicted octanol–water partition coefficient (Wildman–Crippen LogP) is 6.28. The molecule has 1 aliphatic carbocycles. The third-order valence-corrected chi connectivity index (χ3v) is 8.50. The van der Waals surface area contributed by atoms with Gasteiger partial charge in [-0.15, -0.1) is 0 Å². The van der Waals surface area contributed by atoms with E-state index >= 15 is 0 Å². The lowest BCUT2D eigenvalue weighted by Crippen LogP contribution is -2.52. The molecule has 0 saturated heterocycles. The second-order valence-electron chi connectivity index (χ2n) is 10.3. The molecule has 5 rings (SSSR count). The number of carboxylic acid groups (broad SMARTS) is 1. The topological polar surface area (TPSA) is 86.7 Å². The monoisotopic (exact) mass is 564 g/mol. The number of hydrogen-bond acceptors (Lipinski definition) is 3. The molecule has 8 heteroatoms. The largest absolute Gasteiger partial charge is 0.481 e. The number of hydrogen-bond donors (Lipinski definition) is 2. The Bertz CT molecular complexity index is 1370. The minimum Gasteiger partial charge on any atom is -0.481 e. The van der Waals surface area contributed by atoms with Gasteiger partial charge in [0.1, 0.15) is 0 Å². The average molecular weight is 565 g/mol. The summed E-state index contributed by atoms with van der Waals surface area (Å²) in [5.74, 6) is -2.30. The van der Waals surface area contributed by atoms with Crippen molar-refractivity contribution in [2.45, 2.75) is 50.1 Å². The summed E-state index contributed by atoms with van der Waals surface area (Å²) in [4.78, 5) is 41.5. The quantitative estimate of drug-likeness (QED) is 0.353. The molecule has 1 heterocycles. The molecule has 0 spiro atoms. The molecule has 39 heavy (non-hydrogen) atoms. The van der Waals surface area contributed by atoms with Crippen molar-refractivity contribution >= 4 is 41.0 Å². The highest BCUT2D eigenvalue weighted by molar-refractivity contribution is 6.35. The van der Waals surface area contributed by atoms with Crippen LogP contribution < -0.4 is 5.32 Å². The molecule has 2 N–H and O–H groups in total. The minimum absolute atomic E-state index is 0.172. The molecule has 202 valence electrons. The molecular formula is C31H30Cl2N2O4. The van der Waals surface area contributed by atoms with Crippen LogP contribution in [0.2, 0.25) is 10.0 Å². The van der Waals surface area contributed by atoms with Crippen LogP contribution in [0.4, 0.5) is 0 Å². The van der Waals surface area contributed by atoms with Crippen LogP contribution >= 0.6 is 23.2 Å². The highest BCUT2D eigenvalue weighted by atomic mass is 35.5. The number of rotatable bonds is 7. The van der Waals surface area contributed by atoms with Crippen LogP contribution in [0.1, 0.15) is 64.7 Å². The Kier molecular flexibility index (Phi) is 8.24. The van der Waals surface area contributed by atoms with Gasteiger partial charge >= 0.3 is 5.97 Å². The number of halogens is 2. The first kappa shape index (κ1) is 27.2. The molecule has 1 fully saturated rings. The Hall–Kier alpha value is -3.35. The molecule has 2 unspecified atom stereocenters. The zero-order valence-electron chi connectivity index (χ0n) is 21.4. The summed E-state index contributed by atoms with van der Waals surface area (Å²) in [5.41, 5.74) is 2.91. The van der Waals surface area contributed by atoms with E-state index in [0.717, 1.165) is 5.56 Å².